The SMILES string of the molecule is COc1ccc(/C=N\n2c(C)n[nH]c2=S)c(Cl)c1O. The van der Waals surface area contributed by atoms with Crippen molar-refractivity contribution in [1.82, 2.24) is 14.9 Å². The lowest BCUT2D eigenvalue weighted by Crippen LogP contribution is -1.95. The minimum atomic E-state index is -0.124. The maximum absolute atomic E-state index is 9.78. The largest absolute Gasteiger partial charge is 0.503 e. The van der Waals surface area contributed by atoms with Gasteiger partial charge in [-0.15, -0.1) is 0 Å². The molecule has 0 aliphatic heterocycles. The summed E-state index contributed by atoms with van der Waals surface area (Å²) in [5, 5.41) is 20.6. The van der Waals surface area contributed by atoms with Gasteiger partial charge < -0.3 is 9.84 Å². The third-order valence-electron chi connectivity index (χ3n) is 2.45. The quantitative estimate of drug-likeness (QED) is 0.674. The maximum Gasteiger partial charge on any atom is 0.216 e. The summed E-state index contributed by atoms with van der Waals surface area (Å²) in [6.45, 7) is 1.76. The number of aromatic hydroxyl groups is 1. The first-order valence-corrected chi connectivity index (χ1v) is 6.07. The fourth-order valence-electron chi connectivity index (χ4n) is 1.45. The second-order valence-corrected chi connectivity index (χ2v) is 4.42. The van der Waals surface area contributed by atoms with Gasteiger partial charge in [0, 0.05) is 5.56 Å². The van der Waals surface area contributed by atoms with Crippen LogP contribution < -0.4 is 4.74 Å². The van der Waals surface area contributed by atoms with Crippen LogP contribution in [-0.2, 0) is 0 Å². The number of aromatic amines is 1. The highest BCUT2D eigenvalue weighted by Crippen LogP contribution is 2.35. The van der Waals surface area contributed by atoms with E-state index in [1.807, 2.05) is 0 Å². The zero-order chi connectivity index (χ0) is 14.0. The van der Waals surface area contributed by atoms with Crippen molar-refractivity contribution in [2.24, 2.45) is 5.10 Å². The van der Waals surface area contributed by atoms with Crippen molar-refractivity contribution in [3.63, 3.8) is 0 Å². The highest BCUT2D eigenvalue weighted by molar-refractivity contribution is 7.71. The van der Waals surface area contributed by atoms with Crippen molar-refractivity contribution >= 4 is 30.0 Å². The molecule has 0 saturated heterocycles. The van der Waals surface area contributed by atoms with Gasteiger partial charge in [0.15, 0.2) is 11.5 Å². The first-order valence-electron chi connectivity index (χ1n) is 5.28. The maximum atomic E-state index is 9.78. The van der Waals surface area contributed by atoms with Gasteiger partial charge in [-0.1, -0.05) is 11.6 Å². The summed E-state index contributed by atoms with van der Waals surface area (Å²) >= 11 is 11.0. The molecule has 0 saturated carbocycles. The third kappa shape index (κ3) is 2.61. The van der Waals surface area contributed by atoms with Crippen LogP contribution in [0, 0.1) is 11.7 Å². The predicted molar refractivity (Wildman–Crippen MR) is 74.8 cm³/mol. The van der Waals surface area contributed by atoms with Gasteiger partial charge in [-0.2, -0.15) is 14.9 Å². The molecule has 1 heterocycles. The van der Waals surface area contributed by atoms with Crippen LogP contribution in [-0.4, -0.2) is 33.3 Å². The lowest BCUT2D eigenvalue weighted by molar-refractivity contribution is 0.373. The summed E-state index contributed by atoms with van der Waals surface area (Å²) in [4.78, 5) is 0. The van der Waals surface area contributed by atoms with E-state index < -0.39 is 0 Å². The number of hydrogen-bond donors (Lipinski definition) is 2. The number of benzene rings is 1. The van der Waals surface area contributed by atoms with E-state index in [0.717, 1.165) is 0 Å². The van der Waals surface area contributed by atoms with Crippen molar-refractivity contribution in [1.29, 1.82) is 0 Å². The lowest BCUT2D eigenvalue weighted by atomic mass is 10.2. The van der Waals surface area contributed by atoms with Gasteiger partial charge >= 0.3 is 0 Å². The minimum absolute atomic E-state index is 0.124. The van der Waals surface area contributed by atoms with E-state index in [0.29, 0.717) is 21.9 Å². The molecule has 0 bridgehead atoms. The van der Waals surface area contributed by atoms with E-state index in [-0.39, 0.29) is 10.8 Å². The highest BCUT2D eigenvalue weighted by Gasteiger charge is 2.10. The molecule has 2 rings (SSSR count). The Labute approximate surface area is 119 Å². The van der Waals surface area contributed by atoms with Crippen molar-refractivity contribution in [3.8, 4) is 11.5 Å². The van der Waals surface area contributed by atoms with Gasteiger partial charge in [0.2, 0.25) is 4.77 Å². The molecular formula is C11H11ClN4O2S. The van der Waals surface area contributed by atoms with E-state index in [2.05, 4.69) is 15.3 Å². The summed E-state index contributed by atoms with van der Waals surface area (Å²) in [5.41, 5.74) is 0.544. The molecule has 0 atom stereocenters. The number of phenols is 1. The molecule has 0 aliphatic carbocycles. The second-order valence-electron chi connectivity index (χ2n) is 3.65. The fourth-order valence-corrected chi connectivity index (χ4v) is 1.88. The second kappa shape index (κ2) is 5.41. The average Bonchev–Trinajstić information content (AvgIpc) is 2.71. The van der Waals surface area contributed by atoms with Crippen LogP contribution in [0.4, 0.5) is 0 Å². The van der Waals surface area contributed by atoms with Crippen molar-refractivity contribution in [2.75, 3.05) is 7.11 Å². The van der Waals surface area contributed by atoms with Crippen LogP contribution in [0.2, 0.25) is 5.02 Å². The molecule has 0 radical (unpaired) electrons. The molecule has 0 fully saturated rings. The van der Waals surface area contributed by atoms with E-state index in [1.165, 1.54) is 18.0 Å². The number of methoxy groups -OCH3 is 1. The Morgan fingerprint density at radius 3 is 2.89 bits per heavy atom. The van der Waals surface area contributed by atoms with Crippen LogP contribution in [0.5, 0.6) is 11.5 Å². The molecule has 2 aromatic rings. The van der Waals surface area contributed by atoms with E-state index >= 15 is 0 Å². The van der Waals surface area contributed by atoms with Crippen LogP contribution in [0.25, 0.3) is 0 Å². The van der Waals surface area contributed by atoms with Crippen molar-refractivity contribution < 1.29 is 9.84 Å². The van der Waals surface area contributed by atoms with E-state index in [9.17, 15) is 5.11 Å². The number of H-pyrrole nitrogens is 1. The van der Waals surface area contributed by atoms with Gasteiger partial charge in [-0.25, -0.2) is 0 Å². The molecule has 0 amide bonds. The standard InChI is InChI=1S/C11H11ClN4O2S/c1-6-14-15-11(19)16(6)13-5-7-3-4-8(18-2)10(17)9(7)12/h3-5,17H,1-2H3,(H,15,19)/b13-5-. The number of nitrogens with zero attached hydrogens (tertiary/aromatic N) is 3. The number of aromatic nitrogens is 3. The first kappa shape index (κ1) is 13.6. The van der Waals surface area contributed by atoms with E-state index in [4.69, 9.17) is 28.6 Å². The molecule has 0 unspecified atom stereocenters. The van der Waals surface area contributed by atoms with E-state index in [1.54, 1.807) is 19.1 Å². The summed E-state index contributed by atoms with van der Waals surface area (Å²) < 4.78 is 6.78. The molecule has 100 valence electrons. The normalized spacial score (nSPS) is 11.1. The predicted octanol–water partition coefficient (Wildman–Crippen LogP) is 2.50. The average molecular weight is 299 g/mol. The number of halogens is 1. The molecule has 6 nitrogen and oxygen atoms in total. The molecule has 19 heavy (non-hydrogen) atoms. The van der Waals surface area contributed by atoms with Crippen molar-refractivity contribution in [3.05, 3.63) is 33.3 Å². The topological polar surface area (TPSA) is 75.4 Å². The molecule has 0 aliphatic rings. The molecule has 8 heteroatoms. The zero-order valence-corrected chi connectivity index (χ0v) is 11.8. The van der Waals surface area contributed by atoms with Gasteiger partial charge in [0.05, 0.1) is 18.3 Å². The van der Waals surface area contributed by atoms with Crippen LogP contribution >= 0.6 is 23.8 Å². The van der Waals surface area contributed by atoms with Crippen LogP contribution in [0.1, 0.15) is 11.4 Å². The smallest absolute Gasteiger partial charge is 0.216 e. The Morgan fingerprint density at radius 1 is 1.58 bits per heavy atom. The number of hydrogen-bond acceptors (Lipinski definition) is 5. The molecule has 1 aromatic heterocycles. The van der Waals surface area contributed by atoms with Gasteiger partial charge in [-0.3, -0.25) is 5.10 Å². The Kier molecular flexibility index (Phi) is 3.87. The summed E-state index contributed by atoms with van der Waals surface area (Å²) in [6.07, 6.45) is 1.49. The molecular weight excluding hydrogens is 288 g/mol. The Hall–Kier alpha value is -1.86. The Bertz CT molecular complexity index is 692. The highest BCUT2D eigenvalue weighted by atomic mass is 35.5. The number of phenolic OH excluding ortho intramolecular Hbond substituents is 1. The van der Waals surface area contributed by atoms with Gasteiger partial charge in [0.25, 0.3) is 0 Å². The summed E-state index contributed by atoms with van der Waals surface area (Å²) in [5.74, 6) is 0.800. The number of ether oxygens (including phenoxy) is 1. The lowest BCUT2D eigenvalue weighted by Gasteiger charge is -2.06. The Morgan fingerprint density at radius 2 is 2.32 bits per heavy atom. The number of aryl methyl sites for hydroxylation is 1. The molecule has 1 aromatic carbocycles. The van der Waals surface area contributed by atoms with Crippen molar-refractivity contribution in [2.45, 2.75) is 6.92 Å². The number of nitrogens with one attached hydrogen (secondary N) is 1. The zero-order valence-electron chi connectivity index (χ0n) is 10.2. The van der Waals surface area contributed by atoms with Gasteiger partial charge in [0.1, 0.15) is 5.82 Å². The first-order chi connectivity index (χ1) is 9.04. The third-order valence-corrected chi connectivity index (χ3v) is 3.11. The summed E-state index contributed by atoms with van der Waals surface area (Å²) in [7, 11) is 1.45. The Balaban J connectivity index is 2.40. The minimum Gasteiger partial charge on any atom is -0.503 e. The molecule has 2 N–H and O–H groups in total. The number of rotatable bonds is 3. The molecule has 0 spiro atoms. The monoisotopic (exact) mass is 298 g/mol. The summed E-state index contributed by atoms with van der Waals surface area (Å²) in [6, 6.07) is 3.29. The van der Waals surface area contributed by atoms with Crippen LogP contribution in [0.15, 0.2) is 17.2 Å². The van der Waals surface area contributed by atoms with Gasteiger partial charge in [-0.05, 0) is 31.3 Å². The fraction of sp³-hybridized carbons (Fsp3) is 0.182. The van der Waals surface area contributed by atoms with Crippen LogP contribution in [0.3, 0.4) is 0 Å².